The highest BCUT2D eigenvalue weighted by molar-refractivity contribution is 9.10. The molecule has 1 amide bonds. The van der Waals surface area contributed by atoms with Crippen LogP contribution in [-0.2, 0) is 6.18 Å². The first-order chi connectivity index (χ1) is 13.2. The van der Waals surface area contributed by atoms with E-state index in [1.165, 1.54) is 23.1 Å². The molecule has 0 spiro atoms. The smallest absolute Gasteiger partial charge is 0.362 e. The SMILES string of the molecule is O=C(c1ccccc1C(F)(F)F)N1CCN(c2ccc(Br)cc2[N+](=O)[O-])CC1. The Morgan fingerprint density at radius 3 is 2.32 bits per heavy atom. The van der Waals surface area contributed by atoms with Crippen LogP contribution < -0.4 is 4.90 Å². The molecule has 0 atom stereocenters. The summed E-state index contributed by atoms with van der Waals surface area (Å²) in [6.07, 6.45) is -4.62. The van der Waals surface area contributed by atoms with Crippen LogP contribution in [0.1, 0.15) is 15.9 Å². The van der Waals surface area contributed by atoms with E-state index in [1.54, 1.807) is 17.0 Å². The van der Waals surface area contributed by atoms with Crippen LogP contribution in [-0.4, -0.2) is 41.9 Å². The molecule has 0 bridgehead atoms. The number of alkyl halides is 3. The van der Waals surface area contributed by atoms with Crippen LogP contribution in [0.4, 0.5) is 24.5 Å². The zero-order chi connectivity index (χ0) is 20.5. The van der Waals surface area contributed by atoms with E-state index in [4.69, 9.17) is 0 Å². The third kappa shape index (κ3) is 4.11. The van der Waals surface area contributed by atoms with Crippen molar-refractivity contribution in [2.75, 3.05) is 31.1 Å². The molecule has 10 heteroatoms. The van der Waals surface area contributed by atoms with Crippen molar-refractivity contribution in [2.24, 2.45) is 0 Å². The second-order valence-corrected chi connectivity index (χ2v) is 7.13. The zero-order valence-corrected chi connectivity index (χ0v) is 16.0. The van der Waals surface area contributed by atoms with Gasteiger partial charge in [0, 0.05) is 36.7 Å². The van der Waals surface area contributed by atoms with E-state index in [9.17, 15) is 28.1 Å². The van der Waals surface area contributed by atoms with Crippen LogP contribution in [0.25, 0.3) is 0 Å². The number of carbonyl (C=O) groups is 1. The van der Waals surface area contributed by atoms with Crippen molar-refractivity contribution in [3.8, 4) is 0 Å². The monoisotopic (exact) mass is 457 g/mol. The molecule has 28 heavy (non-hydrogen) atoms. The standard InChI is InChI=1S/C18H15BrF3N3O3/c19-12-5-6-15(16(11-12)25(27)28)23-7-9-24(10-8-23)17(26)13-3-1-2-4-14(13)18(20,21)22/h1-6,11H,7-10H2. The summed E-state index contributed by atoms with van der Waals surface area (Å²) in [7, 11) is 0. The second kappa shape index (κ2) is 7.78. The molecule has 148 valence electrons. The van der Waals surface area contributed by atoms with Crippen molar-refractivity contribution >= 4 is 33.2 Å². The first-order valence-corrected chi connectivity index (χ1v) is 9.12. The molecule has 3 rings (SSSR count). The molecule has 0 saturated carbocycles. The number of rotatable bonds is 3. The molecule has 1 heterocycles. The van der Waals surface area contributed by atoms with Crippen LogP contribution in [0.2, 0.25) is 0 Å². The minimum atomic E-state index is -4.62. The van der Waals surface area contributed by atoms with Gasteiger partial charge in [0.25, 0.3) is 11.6 Å². The van der Waals surface area contributed by atoms with Crippen LogP contribution in [0.5, 0.6) is 0 Å². The van der Waals surface area contributed by atoms with Gasteiger partial charge in [0.2, 0.25) is 0 Å². The van der Waals surface area contributed by atoms with Crippen molar-refractivity contribution in [3.05, 3.63) is 68.2 Å². The van der Waals surface area contributed by atoms with Crippen LogP contribution in [0.15, 0.2) is 46.9 Å². The Kier molecular flexibility index (Phi) is 5.59. The van der Waals surface area contributed by atoms with E-state index >= 15 is 0 Å². The largest absolute Gasteiger partial charge is 0.417 e. The average molecular weight is 458 g/mol. The maximum absolute atomic E-state index is 13.2. The molecule has 0 N–H and O–H groups in total. The van der Waals surface area contributed by atoms with Crippen LogP contribution in [0, 0.1) is 10.1 Å². The molecule has 0 unspecified atom stereocenters. The highest BCUT2D eigenvalue weighted by Gasteiger charge is 2.36. The Hall–Kier alpha value is -2.62. The molecule has 2 aromatic rings. The van der Waals surface area contributed by atoms with Gasteiger partial charge in [-0.1, -0.05) is 28.1 Å². The van der Waals surface area contributed by atoms with Gasteiger partial charge in [-0.3, -0.25) is 14.9 Å². The van der Waals surface area contributed by atoms with Crippen LogP contribution >= 0.6 is 15.9 Å². The Morgan fingerprint density at radius 1 is 1.07 bits per heavy atom. The quantitative estimate of drug-likeness (QED) is 0.507. The van der Waals surface area contributed by atoms with Gasteiger partial charge in [-0.25, -0.2) is 0 Å². The van der Waals surface area contributed by atoms with Gasteiger partial charge in [0.05, 0.1) is 16.1 Å². The predicted octanol–water partition coefficient (Wildman–Crippen LogP) is 4.34. The Bertz CT molecular complexity index is 912. The molecule has 1 aliphatic rings. The fraction of sp³-hybridized carbons (Fsp3) is 0.278. The average Bonchev–Trinajstić information content (AvgIpc) is 2.67. The van der Waals surface area contributed by atoms with Crippen molar-refractivity contribution in [3.63, 3.8) is 0 Å². The lowest BCUT2D eigenvalue weighted by Gasteiger charge is -2.36. The number of benzene rings is 2. The summed E-state index contributed by atoms with van der Waals surface area (Å²) < 4.78 is 40.1. The van der Waals surface area contributed by atoms with E-state index in [0.717, 1.165) is 12.1 Å². The maximum Gasteiger partial charge on any atom is 0.417 e. The molecule has 0 aliphatic carbocycles. The van der Waals surface area contributed by atoms with Crippen LogP contribution in [0.3, 0.4) is 0 Å². The summed E-state index contributed by atoms with van der Waals surface area (Å²) in [5, 5.41) is 11.3. The molecule has 0 aromatic heterocycles. The Labute approximate surface area is 166 Å². The normalized spacial score (nSPS) is 14.9. The summed E-state index contributed by atoms with van der Waals surface area (Å²) in [4.78, 5) is 26.5. The van der Waals surface area contributed by atoms with E-state index < -0.39 is 28.1 Å². The first kappa shape index (κ1) is 20.1. The van der Waals surface area contributed by atoms with Gasteiger partial charge in [-0.2, -0.15) is 13.2 Å². The fourth-order valence-corrected chi connectivity index (χ4v) is 3.50. The summed E-state index contributed by atoms with van der Waals surface area (Å²) in [5.74, 6) is -0.696. The van der Waals surface area contributed by atoms with Gasteiger partial charge in [-0.05, 0) is 24.3 Å². The second-order valence-electron chi connectivity index (χ2n) is 6.21. The van der Waals surface area contributed by atoms with Gasteiger partial charge in [0.15, 0.2) is 0 Å². The Balaban J connectivity index is 1.77. The van der Waals surface area contributed by atoms with E-state index in [-0.39, 0.29) is 31.9 Å². The summed E-state index contributed by atoms with van der Waals surface area (Å²) in [6, 6.07) is 9.37. The number of hydrogen-bond acceptors (Lipinski definition) is 4. The molecule has 1 saturated heterocycles. The number of carbonyl (C=O) groups excluding carboxylic acids is 1. The number of anilines is 1. The predicted molar refractivity (Wildman–Crippen MR) is 100 cm³/mol. The van der Waals surface area contributed by atoms with Crippen molar-refractivity contribution < 1.29 is 22.9 Å². The number of piperazine rings is 1. The lowest BCUT2D eigenvalue weighted by atomic mass is 10.1. The third-order valence-electron chi connectivity index (χ3n) is 4.50. The molecular formula is C18H15BrF3N3O3. The van der Waals surface area contributed by atoms with E-state index in [1.807, 2.05) is 0 Å². The van der Waals surface area contributed by atoms with Gasteiger partial charge < -0.3 is 9.80 Å². The number of nitro groups is 1. The molecule has 1 fully saturated rings. The zero-order valence-electron chi connectivity index (χ0n) is 14.4. The van der Waals surface area contributed by atoms with Crippen molar-refractivity contribution in [2.45, 2.75) is 6.18 Å². The topological polar surface area (TPSA) is 66.7 Å². The number of nitrogens with zero attached hydrogens (tertiary/aromatic N) is 3. The fourth-order valence-electron chi connectivity index (χ4n) is 3.15. The highest BCUT2D eigenvalue weighted by atomic mass is 79.9. The summed E-state index contributed by atoms with van der Waals surface area (Å²) in [5.41, 5.74) is -1.02. The highest BCUT2D eigenvalue weighted by Crippen LogP contribution is 2.34. The van der Waals surface area contributed by atoms with E-state index in [2.05, 4.69) is 15.9 Å². The molecule has 0 radical (unpaired) electrons. The Morgan fingerprint density at radius 2 is 1.71 bits per heavy atom. The molecular weight excluding hydrogens is 443 g/mol. The molecule has 2 aromatic carbocycles. The number of hydrogen-bond donors (Lipinski definition) is 0. The minimum absolute atomic E-state index is 0.0726. The van der Waals surface area contributed by atoms with Gasteiger partial charge in [-0.15, -0.1) is 0 Å². The summed E-state index contributed by atoms with van der Waals surface area (Å²) >= 11 is 3.20. The van der Waals surface area contributed by atoms with Crippen molar-refractivity contribution in [1.82, 2.24) is 4.90 Å². The number of halogens is 4. The maximum atomic E-state index is 13.2. The summed E-state index contributed by atoms with van der Waals surface area (Å²) in [6.45, 7) is 0.890. The van der Waals surface area contributed by atoms with Gasteiger partial charge in [0.1, 0.15) is 5.69 Å². The van der Waals surface area contributed by atoms with E-state index in [0.29, 0.717) is 10.2 Å². The molecule has 6 nitrogen and oxygen atoms in total. The molecule has 1 aliphatic heterocycles. The third-order valence-corrected chi connectivity index (χ3v) is 5.00. The number of nitro benzene ring substituents is 1. The minimum Gasteiger partial charge on any atom is -0.362 e. The lowest BCUT2D eigenvalue weighted by Crippen LogP contribution is -2.49. The van der Waals surface area contributed by atoms with Crippen molar-refractivity contribution in [1.29, 1.82) is 0 Å². The van der Waals surface area contributed by atoms with Gasteiger partial charge >= 0.3 is 6.18 Å². The first-order valence-electron chi connectivity index (χ1n) is 8.33. The lowest BCUT2D eigenvalue weighted by molar-refractivity contribution is -0.384. The number of amides is 1.